The molecule has 0 spiro atoms. The number of alkyl halides is 1. The van der Waals surface area contributed by atoms with Crippen molar-refractivity contribution in [2.75, 3.05) is 12.4 Å². The number of amides is 1. The summed E-state index contributed by atoms with van der Waals surface area (Å²) < 4.78 is 47.9. The van der Waals surface area contributed by atoms with Gasteiger partial charge < -0.3 is 10.1 Å². The van der Waals surface area contributed by atoms with Gasteiger partial charge in [0.05, 0.1) is 18.5 Å². The molecule has 0 aliphatic heterocycles. The molecule has 0 saturated heterocycles. The summed E-state index contributed by atoms with van der Waals surface area (Å²) in [6.45, 7) is 1.17. The second-order valence-corrected chi connectivity index (χ2v) is 6.49. The number of hydrogen-bond acceptors (Lipinski definition) is 5. The van der Waals surface area contributed by atoms with Gasteiger partial charge in [-0.2, -0.15) is 4.68 Å². The third kappa shape index (κ3) is 4.65. The summed E-state index contributed by atoms with van der Waals surface area (Å²) in [4.78, 5) is 36.7. The molecule has 0 saturated carbocycles. The molecule has 1 aromatic heterocycles. The van der Waals surface area contributed by atoms with Crippen LogP contribution in [0.3, 0.4) is 0 Å². The molecular formula is C20H17F3N4O4. The van der Waals surface area contributed by atoms with Crippen LogP contribution in [0, 0.1) is 11.6 Å². The lowest BCUT2D eigenvalue weighted by atomic mass is 10.1. The molecule has 162 valence electrons. The maximum absolute atomic E-state index is 15.0. The Hall–Kier alpha value is -3.89. The molecule has 1 unspecified atom stereocenters. The third-order valence-electron chi connectivity index (χ3n) is 4.28. The second kappa shape index (κ2) is 8.86. The van der Waals surface area contributed by atoms with E-state index in [9.17, 15) is 23.2 Å². The van der Waals surface area contributed by atoms with Gasteiger partial charge in [-0.1, -0.05) is 12.1 Å². The predicted molar refractivity (Wildman–Crippen MR) is 105 cm³/mol. The van der Waals surface area contributed by atoms with E-state index in [0.717, 1.165) is 37.4 Å². The minimum atomic E-state index is -2.12. The average molecular weight is 434 g/mol. The Morgan fingerprint density at radius 1 is 1.16 bits per heavy atom. The van der Waals surface area contributed by atoms with Crippen LogP contribution in [0.15, 0.2) is 52.1 Å². The number of nitrogens with zero attached hydrogens (tertiary/aromatic N) is 3. The molecule has 1 amide bonds. The molecular weight excluding hydrogens is 417 g/mol. The highest BCUT2D eigenvalue weighted by Crippen LogP contribution is 2.19. The van der Waals surface area contributed by atoms with Gasteiger partial charge in [0.2, 0.25) is 5.91 Å². The van der Waals surface area contributed by atoms with Crippen LogP contribution < -0.4 is 21.3 Å². The summed E-state index contributed by atoms with van der Waals surface area (Å²) in [7, 11) is 1.11. The fourth-order valence-corrected chi connectivity index (χ4v) is 2.85. The van der Waals surface area contributed by atoms with Gasteiger partial charge in [-0.05, 0) is 35.9 Å². The number of carbonyl (C=O) groups is 1. The zero-order chi connectivity index (χ0) is 22.7. The summed E-state index contributed by atoms with van der Waals surface area (Å²) in [5.41, 5.74) is -2.20. The first kappa shape index (κ1) is 21.8. The Balaban J connectivity index is 2.11. The lowest BCUT2D eigenvalue weighted by Crippen LogP contribution is -2.43. The first-order valence-electron chi connectivity index (χ1n) is 8.97. The van der Waals surface area contributed by atoms with Gasteiger partial charge in [-0.3, -0.25) is 9.59 Å². The molecule has 31 heavy (non-hydrogen) atoms. The molecule has 1 heterocycles. The SMILES string of the molecule is COc1nn(-c2ccc(F)c(NC(C)=O)c2)c(=O)n(C(F)Cc2ccc(F)cc2)c1=O. The molecule has 0 fully saturated rings. The number of carbonyl (C=O) groups excluding carboxylic acids is 1. The standard InChI is InChI=1S/C20H17F3N4O4/c1-11(28)24-16-10-14(7-8-15(16)22)27-20(30)26(19(29)18(25-27)31-2)17(23)9-12-3-5-13(21)6-4-12/h3-8,10,17H,9H2,1-2H3,(H,24,28). The highest BCUT2D eigenvalue weighted by atomic mass is 19.1. The van der Waals surface area contributed by atoms with Crippen LogP contribution >= 0.6 is 0 Å². The highest BCUT2D eigenvalue weighted by molar-refractivity contribution is 5.89. The van der Waals surface area contributed by atoms with E-state index < -0.39 is 47.4 Å². The van der Waals surface area contributed by atoms with Crippen molar-refractivity contribution < 1.29 is 22.7 Å². The molecule has 1 N–H and O–H groups in total. The van der Waals surface area contributed by atoms with E-state index in [0.29, 0.717) is 14.8 Å². The quantitative estimate of drug-likeness (QED) is 0.643. The lowest BCUT2D eigenvalue weighted by molar-refractivity contribution is -0.114. The summed E-state index contributed by atoms with van der Waals surface area (Å²) in [5, 5.41) is 6.03. The summed E-state index contributed by atoms with van der Waals surface area (Å²) in [6, 6.07) is 8.13. The molecule has 0 radical (unpaired) electrons. The van der Waals surface area contributed by atoms with E-state index in [4.69, 9.17) is 4.74 Å². The molecule has 3 rings (SSSR count). The minimum absolute atomic E-state index is 0.0452. The Kier molecular flexibility index (Phi) is 6.23. The minimum Gasteiger partial charge on any atom is -0.476 e. The normalized spacial score (nSPS) is 11.8. The topological polar surface area (TPSA) is 95.2 Å². The maximum atomic E-state index is 15.0. The molecule has 2 aromatic carbocycles. The van der Waals surface area contributed by atoms with Gasteiger partial charge in [0, 0.05) is 13.3 Å². The van der Waals surface area contributed by atoms with E-state index >= 15 is 4.39 Å². The van der Waals surface area contributed by atoms with Crippen molar-refractivity contribution in [2.45, 2.75) is 19.6 Å². The van der Waals surface area contributed by atoms with Crippen molar-refractivity contribution in [3.63, 3.8) is 0 Å². The monoisotopic (exact) mass is 434 g/mol. The molecule has 1 atom stereocenters. The van der Waals surface area contributed by atoms with Crippen LogP contribution in [0.4, 0.5) is 18.9 Å². The largest absolute Gasteiger partial charge is 0.476 e. The van der Waals surface area contributed by atoms with E-state index in [2.05, 4.69) is 10.4 Å². The average Bonchev–Trinajstić information content (AvgIpc) is 2.71. The van der Waals surface area contributed by atoms with Crippen LogP contribution in [0.2, 0.25) is 0 Å². The Bertz CT molecular complexity index is 1240. The molecule has 0 bridgehead atoms. The summed E-state index contributed by atoms with van der Waals surface area (Å²) in [5.74, 6) is -2.42. The van der Waals surface area contributed by atoms with Crippen molar-refractivity contribution in [3.8, 4) is 11.6 Å². The van der Waals surface area contributed by atoms with Crippen molar-refractivity contribution in [2.24, 2.45) is 0 Å². The van der Waals surface area contributed by atoms with Crippen LogP contribution in [-0.4, -0.2) is 27.4 Å². The third-order valence-corrected chi connectivity index (χ3v) is 4.28. The highest BCUT2D eigenvalue weighted by Gasteiger charge is 2.22. The van der Waals surface area contributed by atoms with Crippen LogP contribution in [0.5, 0.6) is 5.88 Å². The fourth-order valence-electron chi connectivity index (χ4n) is 2.85. The molecule has 8 nitrogen and oxygen atoms in total. The number of rotatable bonds is 6. The second-order valence-electron chi connectivity index (χ2n) is 6.49. The molecule has 0 aliphatic carbocycles. The number of anilines is 1. The van der Waals surface area contributed by atoms with Crippen molar-refractivity contribution in [3.05, 3.63) is 80.5 Å². The Morgan fingerprint density at radius 3 is 2.45 bits per heavy atom. The number of hydrogen-bond donors (Lipinski definition) is 1. The molecule has 11 heteroatoms. The van der Waals surface area contributed by atoms with Gasteiger partial charge in [0.15, 0.2) is 6.30 Å². The van der Waals surface area contributed by atoms with E-state index in [1.807, 2.05) is 0 Å². The van der Waals surface area contributed by atoms with Crippen LogP contribution in [0.25, 0.3) is 5.69 Å². The van der Waals surface area contributed by atoms with E-state index in [-0.39, 0.29) is 11.4 Å². The number of ether oxygens (including phenoxy) is 1. The van der Waals surface area contributed by atoms with Gasteiger partial charge in [-0.25, -0.2) is 22.5 Å². The number of aromatic nitrogens is 3. The molecule has 3 aromatic rings. The smallest absolute Gasteiger partial charge is 0.354 e. The Morgan fingerprint density at radius 2 is 1.84 bits per heavy atom. The molecule has 0 aliphatic rings. The Labute approximate surface area is 173 Å². The first-order chi connectivity index (χ1) is 14.7. The fraction of sp³-hybridized carbons (Fsp3) is 0.200. The number of halogens is 3. The van der Waals surface area contributed by atoms with Gasteiger partial charge in [0.25, 0.3) is 5.88 Å². The number of nitrogens with one attached hydrogen (secondary N) is 1. The van der Waals surface area contributed by atoms with Crippen molar-refractivity contribution >= 4 is 11.6 Å². The van der Waals surface area contributed by atoms with E-state index in [1.165, 1.54) is 19.1 Å². The number of benzene rings is 2. The van der Waals surface area contributed by atoms with Gasteiger partial charge in [0.1, 0.15) is 11.6 Å². The zero-order valence-corrected chi connectivity index (χ0v) is 16.4. The summed E-state index contributed by atoms with van der Waals surface area (Å²) in [6.07, 6.45) is -2.52. The maximum Gasteiger partial charge on any atom is 0.354 e. The first-order valence-corrected chi connectivity index (χ1v) is 8.97. The predicted octanol–water partition coefficient (Wildman–Crippen LogP) is 2.35. The lowest BCUT2D eigenvalue weighted by Gasteiger charge is -2.15. The zero-order valence-electron chi connectivity index (χ0n) is 16.4. The van der Waals surface area contributed by atoms with Crippen molar-refractivity contribution in [1.29, 1.82) is 0 Å². The van der Waals surface area contributed by atoms with E-state index in [1.54, 1.807) is 0 Å². The van der Waals surface area contributed by atoms with Crippen LogP contribution in [0.1, 0.15) is 18.8 Å². The van der Waals surface area contributed by atoms with Crippen molar-refractivity contribution in [1.82, 2.24) is 14.3 Å². The van der Waals surface area contributed by atoms with Gasteiger partial charge in [-0.15, -0.1) is 5.10 Å². The number of methoxy groups -OCH3 is 1. The van der Waals surface area contributed by atoms with Gasteiger partial charge >= 0.3 is 11.2 Å². The van der Waals surface area contributed by atoms with Crippen LogP contribution in [-0.2, 0) is 11.2 Å². The summed E-state index contributed by atoms with van der Waals surface area (Å²) >= 11 is 0.